The van der Waals surface area contributed by atoms with E-state index >= 15 is 0 Å². The van der Waals surface area contributed by atoms with Crippen LogP contribution in [0, 0.1) is 0 Å². The van der Waals surface area contributed by atoms with E-state index in [1.165, 1.54) is 46.4 Å². The molecule has 0 aromatic heterocycles. The molecule has 0 aliphatic carbocycles. The van der Waals surface area contributed by atoms with Gasteiger partial charge < -0.3 is 9.47 Å². The Morgan fingerprint density at radius 1 is 0.441 bits per heavy atom. The predicted octanol–water partition coefficient (Wildman–Crippen LogP) is 10.3. The summed E-state index contributed by atoms with van der Waals surface area (Å²) in [5, 5.41) is 4.56. The molecule has 4 aliphatic heterocycles. The summed E-state index contributed by atoms with van der Waals surface area (Å²) >= 11 is 15.2. The zero-order chi connectivity index (χ0) is 23.1. The van der Waals surface area contributed by atoms with E-state index in [1.54, 1.807) is 14.2 Å². The van der Waals surface area contributed by atoms with Crippen molar-refractivity contribution in [2.45, 2.75) is 0 Å². The number of hydrogen-bond donors (Lipinski definition) is 0. The van der Waals surface area contributed by atoms with Crippen molar-refractivity contribution in [3.63, 3.8) is 0 Å². The number of benzene rings is 2. The van der Waals surface area contributed by atoms with Crippen LogP contribution >= 0.6 is 94.1 Å². The minimum atomic E-state index is 0.891. The summed E-state index contributed by atoms with van der Waals surface area (Å²) in [7, 11) is 3.41. The molecule has 172 valence electrons. The van der Waals surface area contributed by atoms with Gasteiger partial charge in [0.15, 0.2) is 0 Å². The SMILES string of the molecule is COc1ccc(C2=CSC3=C(S2)S/C(=C2\SC4=C(SC(c5ccc(OC)cc5)=CS4)S2)S3)cc1. The molecule has 0 atom stereocenters. The van der Waals surface area contributed by atoms with Crippen LogP contribution in [0.25, 0.3) is 9.81 Å². The van der Waals surface area contributed by atoms with Crippen LogP contribution in [0.15, 0.2) is 84.8 Å². The first-order valence-corrected chi connectivity index (χ1v) is 16.7. The third-order valence-corrected chi connectivity index (χ3v) is 16.5. The van der Waals surface area contributed by atoms with Crippen molar-refractivity contribution in [3.05, 3.63) is 95.9 Å². The van der Waals surface area contributed by atoms with Gasteiger partial charge in [-0.15, -0.1) is 0 Å². The Kier molecular flexibility index (Phi) is 7.38. The van der Waals surface area contributed by atoms with Crippen LogP contribution in [-0.4, -0.2) is 14.2 Å². The quantitative estimate of drug-likeness (QED) is 0.340. The van der Waals surface area contributed by atoms with Gasteiger partial charge in [-0.3, -0.25) is 0 Å². The lowest BCUT2D eigenvalue weighted by atomic mass is 10.2. The molecule has 0 bridgehead atoms. The highest BCUT2D eigenvalue weighted by atomic mass is 32.3. The molecule has 2 aromatic carbocycles. The average Bonchev–Trinajstić information content (AvgIpc) is 3.52. The van der Waals surface area contributed by atoms with Crippen molar-refractivity contribution in [1.82, 2.24) is 0 Å². The second-order valence-electron chi connectivity index (χ2n) is 6.99. The smallest absolute Gasteiger partial charge is 0.118 e. The number of thioether (sulfide) groups is 8. The molecule has 2 nitrogen and oxygen atoms in total. The minimum absolute atomic E-state index is 0.891. The van der Waals surface area contributed by atoms with Crippen molar-refractivity contribution in [1.29, 1.82) is 0 Å². The molecular weight excluding hydrogens is 577 g/mol. The molecule has 6 rings (SSSR count). The Morgan fingerprint density at radius 2 is 0.794 bits per heavy atom. The summed E-state index contributed by atoms with van der Waals surface area (Å²) in [4.78, 5) is 2.60. The summed E-state index contributed by atoms with van der Waals surface area (Å²) in [6.45, 7) is 0. The lowest BCUT2D eigenvalue weighted by molar-refractivity contribution is 0.414. The molecule has 0 fully saturated rings. The highest BCUT2D eigenvalue weighted by Crippen LogP contribution is 2.70. The molecule has 0 amide bonds. The maximum atomic E-state index is 5.30. The summed E-state index contributed by atoms with van der Waals surface area (Å²) in [6, 6.07) is 16.7. The Hall–Kier alpha value is -0.460. The zero-order valence-electron chi connectivity index (χ0n) is 17.9. The number of ether oxygens (including phenoxy) is 2. The Labute approximate surface area is 233 Å². The third-order valence-electron chi connectivity index (χ3n) is 4.94. The van der Waals surface area contributed by atoms with Gasteiger partial charge >= 0.3 is 0 Å². The van der Waals surface area contributed by atoms with Gasteiger partial charge in [-0.25, -0.2) is 0 Å². The second-order valence-corrected chi connectivity index (χ2v) is 16.5. The molecule has 4 heterocycles. The number of rotatable bonds is 4. The van der Waals surface area contributed by atoms with Gasteiger partial charge in [-0.05, 0) is 46.2 Å². The average molecular weight is 593 g/mol. The molecule has 0 saturated heterocycles. The van der Waals surface area contributed by atoms with Gasteiger partial charge in [-0.1, -0.05) is 118 Å². The molecule has 0 radical (unpaired) electrons. The Balaban J connectivity index is 1.11. The van der Waals surface area contributed by atoms with Gasteiger partial charge in [0.25, 0.3) is 0 Å². The highest BCUT2D eigenvalue weighted by Gasteiger charge is 2.34. The fourth-order valence-corrected chi connectivity index (χ4v) is 14.8. The maximum Gasteiger partial charge on any atom is 0.118 e. The molecule has 0 unspecified atom stereocenters. The van der Waals surface area contributed by atoms with Crippen molar-refractivity contribution in [2.24, 2.45) is 0 Å². The van der Waals surface area contributed by atoms with Crippen molar-refractivity contribution in [2.75, 3.05) is 14.2 Å². The number of hydrogen-bond acceptors (Lipinski definition) is 10. The first-order valence-electron chi connectivity index (χ1n) is 10.0. The first-order chi connectivity index (χ1) is 16.7. The molecule has 34 heavy (non-hydrogen) atoms. The van der Waals surface area contributed by atoms with Crippen LogP contribution in [0.1, 0.15) is 11.1 Å². The van der Waals surface area contributed by atoms with Crippen LogP contribution in [0.3, 0.4) is 0 Å². The van der Waals surface area contributed by atoms with Gasteiger partial charge in [0.1, 0.15) is 11.5 Å². The highest BCUT2D eigenvalue weighted by molar-refractivity contribution is 8.47. The molecule has 0 saturated carbocycles. The van der Waals surface area contributed by atoms with Crippen molar-refractivity contribution >= 4 is 104 Å². The van der Waals surface area contributed by atoms with E-state index in [1.807, 2.05) is 118 Å². The largest absolute Gasteiger partial charge is 0.497 e. The molecule has 10 heteroatoms. The van der Waals surface area contributed by atoms with Gasteiger partial charge in [0.2, 0.25) is 0 Å². The van der Waals surface area contributed by atoms with E-state index in [-0.39, 0.29) is 0 Å². The number of methoxy groups -OCH3 is 2. The Morgan fingerprint density at radius 3 is 1.18 bits per heavy atom. The molecule has 4 aliphatic rings. The van der Waals surface area contributed by atoms with Crippen molar-refractivity contribution in [3.8, 4) is 11.5 Å². The van der Waals surface area contributed by atoms with E-state index in [0.29, 0.717) is 0 Å². The molecule has 0 spiro atoms. The standard InChI is InChI=1S/C24H16O2S8/c1-25-15-7-3-13(4-8-15)17-11-27-19-21(29-17)33-23(31-19)24-32-20-22(34-24)30-18(12-28-20)14-5-9-16(26-2)10-6-14/h3-12H,1-2H3/b24-23+. The van der Waals surface area contributed by atoms with E-state index in [9.17, 15) is 0 Å². The van der Waals surface area contributed by atoms with Crippen LogP contribution in [0.4, 0.5) is 0 Å². The predicted molar refractivity (Wildman–Crippen MR) is 164 cm³/mol. The van der Waals surface area contributed by atoms with E-state index in [2.05, 4.69) is 35.1 Å². The van der Waals surface area contributed by atoms with E-state index in [0.717, 1.165) is 11.5 Å². The topological polar surface area (TPSA) is 18.5 Å². The fraction of sp³-hybridized carbons (Fsp3) is 0.0833. The lowest BCUT2D eigenvalue weighted by Gasteiger charge is -2.13. The maximum absolute atomic E-state index is 5.30. The molecular formula is C24H16O2S8. The Bertz CT molecular complexity index is 1200. The summed E-state index contributed by atoms with van der Waals surface area (Å²) in [5.74, 6) is 1.78. The monoisotopic (exact) mass is 592 g/mol. The van der Waals surface area contributed by atoms with Crippen LogP contribution < -0.4 is 9.47 Å². The second kappa shape index (κ2) is 10.5. The fourth-order valence-electron chi connectivity index (χ4n) is 3.21. The van der Waals surface area contributed by atoms with Gasteiger partial charge in [-0.2, -0.15) is 0 Å². The van der Waals surface area contributed by atoms with Crippen LogP contribution in [0.5, 0.6) is 11.5 Å². The summed E-state index contributed by atoms with van der Waals surface area (Å²) in [5.41, 5.74) is 2.48. The minimum Gasteiger partial charge on any atom is -0.497 e. The summed E-state index contributed by atoms with van der Waals surface area (Å²) in [6.07, 6.45) is 0. The van der Waals surface area contributed by atoms with Crippen LogP contribution in [-0.2, 0) is 0 Å². The molecule has 2 aromatic rings. The van der Waals surface area contributed by atoms with E-state index < -0.39 is 0 Å². The molecule has 0 N–H and O–H groups in total. The van der Waals surface area contributed by atoms with Gasteiger partial charge in [0, 0.05) is 9.81 Å². The lowest BCUT2D eigenvalue weighted by Crippen LogP contribution is -1.86. The zero-order valence-corrected chi connectivity index (χ0v) is 24.4. The normalized spacial score (nSPS) is 21.8. The summed E-state index contributed by atoms with van der Waals surface area (Å²) < 4.78 is 19.0. The third kappa shape index (κ3) is 4.89. The van der Waals surface area contributed by atoms with Crippen molar-refractivity contribution < 1.29 is 9.47 Å². The van der Waals surface area contributed by atoms with E-state index in [4.69, 9.17) is 9.47 Å². The van der Waals surface area contributed by atoms with Crippen LogP contribution in [0.2, 0.25) is 0 Å². The van der Waals surface area contributed by atoms with Gasteiger partial charge in [0.05, 0.1) is 39.6 Å². The first kappa shape index (κ1) is 23.9.